The highest BCUT2D eigenvalue weighted by atomic mass is 16.5. The molecule has 154 valence electrons. The summed E-state index contributed by atoms with van der Waals surface area (Å²) in [5.74, 6) is -0.270. The van der Waals surface area contributed by atoms with Crippen molar-refractivity contribution in [3.05, 3.63) is 66.2 Å². The standard InChI is InChI=1S/C24H25N3O3/c1-16(2)30-14-6-13-27-22-12-11-18(23(28)29)15-21(22)26-24(27)25-20-10-5-8-17-7-3-4-9-19(17)20/h3-5,7-12,15-16H,6,13-14H2,1-2H3,(H,25,26)(H,28,29). The van der Waals surface area contributed by atoms with Gasteiger partial charge in [-0.3, -0.25) is 0 Å². The van der Waals surface area contributed by atoms with E-state index in [2.05, 4.69) is 28.1 Å². The number of anilines is 2. The molecule has 0 aliphatic carbocycles. The Morgan fingerprint density at radius 1 is 1.13 bits per heavy atom. The van der Waals surface area contributed by atoms with Crippen LogP contribution in [0.3, 0.4) is 0 Å². The lowest BCUT2D eigenvalue weighted by Crippen LogP contribution is -2.09. The van der Waals surface area contributed by atoms with Gasteiger partial charge >= 0.3 is 5.97 Å². The first-order valence-electron chi connectivity index (χ1n) is 10.1. The van der Waals surface area contributed by atoms with E-state index < -0.39 is 5.97 Å². The van der Waals surface area contributed by atoms with Gasteiger partial charge in [-0.15, -0.1) is 0 Å². The van der Waals surface area contributed by atoms with E-state index in [0.29, 0.717) is 24.6 Å². The zero-order valence-electron chi connectivity index (χ0n) is 17.1. The largest absolute Gasteiger partial charge is 0.478 e. The zero-order chi connectivity index (χ0) is 21.1. The molecule has 0 radical (unpaired) electrons. The summed E-state index contributed by atoms with van der Waals surface area (Å²) in [4.78, 5) is 16.1. The van der Waals surface area contributed by atoms with Gasteiger partial charge in [-0.25, -0.2) is 9.78 Å². The number of rotatable bonds is 8. The first kappa shape index (κ1) is 19.9. The quantitative estimate of drug-likeness (QED) is 0.383. The number of ether oxygens (including phenoxy) is 1. The van der Waals surface area contributed by atoms with Gasteiger partial charge in [0.05, 0.1) is 22.7 Å². The smallest absolute Gasteiger partial charge is 0.335 e. The van der Waals surface area contributed by atoms with E-state index in [1.54, 1.807) is 12.1 Å². The molecule has 0 aliphatic rings. The molecule has 6 nitrogen and oxygen atoms in total. The van der Waals surface area contributed by atoms with E-state index in [1.165, 1.54) is 0 Å². The van der Waals surface area contributed by atoms with Crippen LogP contribution in [0.5, 0.6) is 0 Å². The highest BCUT2D eigenvalue weighted by molar-refractivity contribution is 5.96. The number of imidazole rings is 1. The van der Waals surface area contributed by atoms with E-state index in [-0.39, 0.29) is 11.7 Å². The Kier molecular flexibility index (Phi) is 5.68. The van der Waals surface area contributed by atoms with Crippen LogP contribution in [0, 0.1) is 0 Å². The van der Waals surface area contributed by atoms with E-state index >= 15 is 0 Å². The SMILES string of the molecule is CC(C)OCCCn1c(Nc2cccc3ccccc23)nc2cc(C(=O)O)ccc21. The number of carboxylic acids is 1. The predicted octanol–water partition coefficient (Wildman–Crippen LogP) is 5.45. The van der Waals surface area contributed by atoms with Gasteiger partial charge in [-0.2, -0.15) is 0 Å². The van der Waals surface area contributed by atoms with Crippen molar-refractivity contribution in [3.63, 3.8) is 0 Å². The van der Waals surface area contributed by atoms with Crippen LogP contribution < -0.4 is 5.32 Å². The van der Waals surface area contributed by atoms with Crippen LogP contribution in [0.25, 0.3) is 21.8 Å². The fourth-order valence-corrected chi connectivity index (χ4v) is 3.58. The summed E-state index contributed by atoms with van der Waals surface area (Å²) >= 11 is 0. The number of benzene rings is 3. The van der Waals surface area contributed by atoms with Crippen molar-refractivity contribution in [2.75, 3.05) is 11.9 Å². The highest BCUT2D eigenvalue weighted by Gasteiger charge is 2.14. The highest BCUT2D eigenvalue weighted by Crippen LogP contribution is 2.29. The van der Waals surface area contributed by atoms with Gasteiger partial charge in [0, 0.05) is 24.2 Å². The number of hydrogen-bond donors (Lipinski definition) is 2. The van der Waals surface area contributed by atoms with Crippen LogP contribution >= 0.6 is 0 Å². The van der Waals surface area contributed by atoms with E-state index in [0.717, 1.165) is 28.4 Å². The van der Waals surface area contributed by atoms with Crippen LogP contribution in [0.4, 0.5) is 11.6 Å². The van der Waals surface area contributed by atoms with Crippen molar-refractivity contribution in [1.29, 1.82) is 0 Å². The van der Waals surface area contributed by atoms with Crippen LogP contribution in [-0.2, 0) is 11.3 Å². The van der Waals surface area contributed by atoms with E-state index in [4.69, 9.17) is 9.72 Å². The van der Waals surface area contributed by atoms with Crippen molar-refractivity contribution in [2.45, 2.75) is 32.9 Å². The minimum absolute atomic E-state index is 0.191. The zero-order valence-corrected chi connectivity index (χ0v) is 17.1. The summed E-state index contributed by atoms with van der Waals surface area (Å²) in [6, 6.07) is 19.3. The second-order valence-electron chi connectivity index (χ2n) is 7.52. The van der Waals surface area contributed by atoms with Gasteiger partial charge in [0.15, 0.2) is 0 Å². The number of aromatic nitrogens is 2. The monoisotopic (exact) mass is 403 g/mol. The van der Waals surface area contributed by atoms with Crippen LogP contribution in [0.1, 0.15) is 30.6 Å². The Bertz CT molecular complexity index is 1190. The average Bonchev–Trinajstić information content (AvgIpc) is 3.07. The lowest BCUT2D eigenvalue weighted by molar-refractivity contribution is 0.0696. The molecule has 0 fully saturated rings. The lowest BCUT2D eigenvalue weighted by Gasteiger charge is -2.13. The molecule has 30 heavy (non-hydrogen) atoms. The molecule has 1 heterocycles. The summed E-state index contributed by atoms with van der Waals surface area (Å²) in [5.41, 5.74) is 2.74. The topological polar surface area (TPSA) is 76.4 Å². The van der Waals surface area contributed by atoms with Crippen LogP contribution in [0.15, 0.2) is 60.7 Å². The molecular formula is C24H25N3O3. The second kappa shape index (κ2) is 8.55. The lowest BCUT2D eigenvalue weighted by atomic mass is 10.1. The minimum atomic E-state index is -0.958. The maximum Gasteiger partial charge on any atom is 0.335 e. The third kappa shape index (κ3) is 4.14. The molecular weight excluding hydrogens is 378 g/mol. The van der Waals surface area contributed by atoms with Gasteiger partial charge in [-0.1, -0.05) is 36.4 Å². The predicted molar refractivity (Wildman–Crippen MR) is 120 cm³/mol. The molecule has 0 saturated carbocycles. The molecule has 4 aromatic rings. The van der Waals surface area contributed by atoms with Crippen LogP contribution in [-0.4, -0.2) is 33.3 Å². The Morgan fingerprint density at radius 3 is 2.73 bits per heavy atom. The van der Waals surface area contributed by atoms with Gasteiger partial charge in [-0.05, 0) is 49.9 Å². The molecule has 0 spiro atoms. The third-order valence-electron chi connectivity index (χ3n) is 5.01. The Morgan fingerprint density at radius 2 is 1.93 bits per heavy atom. The Labute approximate surface area is 175 Å². The van der Waals surface area contributed by atoms with E-state index in [1.807, 2.05) is 44.2 Å². The average molecular weight is 403 g/mol. The van der Waals surface area contributed by atoms with Gasteiger partial charge in [0.2, 0.25) is 5.95 Å². The molecule has 0 atom stereocenters. The number of hydrogen-bond acceptors (Lipinski definition) is 4. The molecule has 0 bridgehead atoms. The number of fused-ring (bicyclic) bond motifs is 2. The molecule has 3 aromatic carbocycles. The minimum Gasteiger partial charge on any atom is -0.478 e. The third-order valence-corrected chi connectivity index (χ3v) is 5.01. The van der Waals surface area contributed by atoms with Crippen molar-refractivity contribution in [2.24, 2.45) is 0 Å². The normalized spacial score (nSPS) is 11.4. The number of carboxylic acid groups (broad SMARTS) is 1. The molecule has 0 unspecified atom stereocenters. The van der Waals surface area contributed by atoms with Gasteiger partial charge in [0.25, 0.3) is 0 Å². The molecule has 4 rings (SSSR count). The summed E-state index contributed by atoms with van der Waals surface area (Å²) in [6.45, 7) is 5.40. The van der Waals surface area contributed by atoms with E-state index in [9.17, 15) is 9.90 Å². The number of aromatic carboxylic acids is 1. The maximum absolute atomic E-state index is 11.4. The first-order chi connectivity index (χ1) is 14.5. The maximum atomic E-state index is 11.4. The number of carbonyl (C=O) groups is 1. The van der Waals surface area contributed by atoms with Gasteiger partial charge in [0.1, 0.15) is 0 Å². The Hall–Kier alpha value is -3.38. The molecule has 2 N–H and O–H groups in total. The van der Waals surface area contributed by atoms with Crippen molar-refractivity contribution in [3.8, 4) is 0 Å². The summed E-state index contributed by atoms with van der Waals surface area (Å²) < 4.78 is 7.78. The molecule has 0 aliphatic heterocycles. The fraction of sp³-hybridized carbons (Fsp3) is 0.250. The summed E-state index contributed by atoms with van der Waals surface area (Å²) in [6.07, 6.45) is 1.02. The number of aryl methyl sites for hydroxylation is 1. The molecule has 6 heteroatoms. The van der Waals surface area contributed by atoms with Gasteiger partial charge < -0.3 is 19.7 Å². The molecule has 1 aromatic heterocycles. The first-order valence-corrected chi connectivity index (χ1v) is 10.1. The number of nitrogens with one attached hydrogen (secondary N) is 1. The van der Waals surface area contributed by atoms with Crippen molar-refractivity contribution in [1.82, 2.24) is 9.55 Å². The molecule has 0 amide bonds. The van der Waals surface area contributed by atoms with Crippen molar-refractivity contribution < 1.29 is 14.6 Å². The fourth-order valence-electron chi connectivity index (χ4n) is 3.58. The van der Waals surface area contributed by atoms with Crippen molar-refractivity contribution >= 4 is 39.4 Å². The number of nitrogens with zero attached hydrogens (tertiary/aromatic N) is 2. The van der Waals surface area contributed by atoms with Crippen LogP contribution in [0.2, 0.25) is 0 Å². The summed E-state index contributed by atoms with van der Waals surface area (Å²) in [7, 11) is 0. The summed E-state index contributed by atoms with van der Waals surface area (Å²) in [5, 5.41) is 15.0. The molecule has 0 saturated heterocycles. The second-order valence-corrected chi connectivity index (χ2v) is 7.52. The Balaban J connectivity index is 1.72.